The first-order valence-electron chi connectivity index (χ1n) is 9.44. The quantitative estimate of drug-likeness (QED) is 0.611. The molecule has 1 atom stereocenters. The SMILES string of the molecule is Cc1nc(-c2ccc(S(=O)(=O)N3CCC[C@@H](c4nncn4C4CC4)C3)s2)cs1. The van der Waals surface area contributed by atoms with Gasteiger partial charge in [-0.25, -0.2) is 13.4 Å². The molecular weight excluding hydrogens is 414 g/mol. The molecule has 2 fully saturated rings. The van der Waals surface area contributed by atoms with Gasteiger partial charge in [-0.2, -0.15) is 4.31 Å². The molecule has 0 amide bonds. The Morgan fingerprint density at radius 3 is 2.82 bits per heavy atom. The minimum absolute atomic E-state index is 0.104. The second-order valence-corrected chi connectivity index (χ2v) is 11.7. The van der Waals surface area contributed by atoms with Gasteiger partial charge in [0.25, 0.3) is 10.0 Å². The number of thiophene rings is 1. The lowest BCUT2D eigenvalue weighted by atomic mass is 9.99. The maximum atomic E-state index is 13.3. The minimum Gasteiger partial charge on any atom is -0.314 e. The van der Waals surface area contributed by atoms with E-state index < -0.39 is 10.0 Å². The van der Waals surface area contributed by atoms with E-state index in [4.69, 9.17) is 0 Å². The summed E-state index contributed by atoms with van der Waals surface area (Å²) in [5.41, 5.74) is 0.850. The zero-order chi connectivity index (χ0) is 19.3. The number of thiazole rings is 1. The molecule has 7 nitrogen and oxygen atoms in total. The van der Waals surface area contributed by atoms with Gasteiger partial charge in [-0.15, -0.1) is 32.9 Å². The molecule has 4 heterocycles. The van der Waals surface area contributed by atoms with Gasteiger partial charge in [-0.05, 0) is 44.7 Å². The highest BCUT2D eigenvalue weighted by Crippen LogP contribution is 2.39. The smallest absolute Gasteiger partial charge is 0.252 e. The first-order valence-corrected chi connectivity index (χ1v) is 12.6. The molecule has 1 saturated carbocycles. The fourth-order valence-corrected chi connectivity index (χ4v) is 7.38. The molecule has 3 aromatic rings. The van der Waals surface area contributed by atoms with Crippen LogP contribution in [0.25, 0.3) is 10.6 Å². The Kier molecular flexibility index (Phi) is 4.61. The largest absolute Gasteiger partial charge is 0.314 e. The van der Waals surface area contributed by atoms with Crippen LogP contribution in [-0.2, 0) is 10.0 Å². The molecule has 0 aromatic carbocycles. The molecule has 1 aliphatic heterocycles. The molecule has 0 radical (unpaired) electrons. The van der Waals surface area contributed by atoms with Crippen LogP contribution in [0.2, 0.25) is 0 Å². The van der Waals surface area contributed by atoms with Crippen LogP contribution in [0.15, 0.2) is 28.0 Å². The number of rotatable bonds is 5. The molecule has 1 aliphatic carbocycles. The molecule has 3 aromatic heterocycles. The van der Waals surface area contributed by atoms with Gasteiger partial charge >= 0.3 is 0 Å². The number of sulfonamides is 1. The number of hydrogen-bond acceptors (Lipinski definition) is 7. The molecule has 148 valence electrons. The Hall–Kier alpha value is -1.62. The van der Waals surface area contributed by atoms with Gasteiger partial charge in [0.2, 0.25) is 0 Å². The molecule has 28 heavy (non-hydrogen) atoms. The van der Waals surface area contributed by atoms with Crippen molar-refractivity contribution in [1.82, 2.24) is 24.1 Å². The van der Waals surface area contributed by atoms with E-state index in [9.17, 15) is 8.42 Å². The third kappa shape index (κ3) is 3.32. The van der Waals surface area contributed by atoms with Crippen LogP contribution in [0.5, 0.6) is 0 Å². The first-order chi connectivity index (χ1) is 13.5. The number of hydrogen-bond donors (Lipinski definition) is 0. The highest BCUT2D eigenvalue weighted by Gasteiger charge is 2.36. The molecule has 2 aliphatic rings. The number of nitrogens with zero attached hydrogens (tertiary/aromatic N) is 5. The molecule has 0 bridgehead atoms. The van der Waals surface area contributed by atoms with Gasteiger partial charge in [-0.3, -0.25) is 0 Å². The summed E-state index contributed by atoms with van der Waals surface area (Å²) in [5.74, 6) is 1.04. The summed E-state index contributed by atoms with van der Waals surface area (Å²) in [4.78, 5) is 5.36. The van der Waals surface area contributed by atoms with Crippen LogP contribution in [0, 0.1) is 6.92 Å². The van der Waals surface area contributed by atoms with Crippen molar-refractivity contribution < 1.29 is 8.42 Å². The third-order valence-corrected chi connectivity index (χ3v) is 9.55. The topological polar surface area (TPSA) is 81.0 Å². The average Bonchev–Trinajstić information content (AvgIpc) is 3.11. The normalized spacial score (nSPS) is 21.2. The first kappa shape index (κ1) is 18.4. The van der Waals surface area contributed by atoms with Crippen molar-refractivity contribution in [2.24, 2.45) is 0 Å². The van der Waals surface area contributed by atoms with Gasteiger partial charge in [0.05, 0.1) is 15.6 Å². The monoisotopic (exact) mass is 435 g/mol. The van der Waals surface area contributed by atoms with E-state index in [1.807, 2.05) is 18.4 Å². The molecule has 1 saturated heterocycles. The summed E-state index contributed by atoms with van der Waals surface area (Å²) in [6, 6.07) is 4.07. The highest BCUT2D eigenvalue weighted by atomic mass is 32.2. The predicted octanol–water partition coefficient (Wildman–Crippen LogP) is 3.67. The molecule has 0 N–H and O–H groups in total. The van der Waals surface area contributed by atoms with Crippen LogP contribution in [0.4, 0.5) is 0 Å². The molecule has 0 unspecified atom stereocenters. The van der Waals surface area contributed by atoms with E-state index in [-0.39, 0.29) is 5.92 Å². The molecule has 0 spiro atoms. The van der Waals surface area contributed by atoms with Gasteiger partial charge < -0.3 is 4.57 Å². The lowest BCUT2D eigenvalue weighted by molar-refractivity contribution is 0.305. The van der Waals surface area contributed by atoms with E-state index in [1.165, 1.54) is 11.3 Å². The summed E-state index contributed by atoms with van der Waals surface area (Å²) in [5, 5.41) is 11.4. The van der Waals surface area contributed by atoms with Crippen molar-refractivity contribution in [2.45, 2.75) is 48.8 Å². The van der Waals surface area contributed by atoms with Crippen molar-refractivity contribution in [3.63, 3.8) is 0 Å². The highest BCUT2D eigenvalue weighted by molar-refractivity contribution is 7.91. The Balaban J connectivity index is 1.38. The van der Waals surface area contributed by atoms with Gasteiger partial charge in [0.15, 0.2) is 0 Å². The standard InChI is InChI=1S/C18H21N5O2S3/c1-12-20-15(10-26-12)16-6-7-17(27-16)28(24,25)22-8-2-3-13(9-22)18-21-19-11-23(18)14-4-5-14/h6-7,10-11,13-14H,2-5,8-9H2,1H3/t13-/m1/s1. The number of aryl methyl sites for hydroxylation is 1. The Bertz CT molecular complexity index is 1100. The molecule has 10 heteroatoms. The van der Waals surface area contributed by atoms with E-state index in [2.05, 4.69) is 19.7 Å². The second-order valence-electron chi connectivity index (χ2n) is 7.40. The summed E-state index contributed by atoms with van der Waals surface area (Å²) >= 11 is 2.87. The number of piperidine rings is 1. The van der Waals surface area contributed by atoms with Crippen molar-refractivity contribution >= 4 is 32.7 Å². The number of aromatic nitrogens is 4. The van der Waals surface area contributed by atoms with Gasteiger partial charge in [0.1, 0.15) is 16.4 Å². The Labute approximate surface area is 172 Å². The second kappa shape index (κ2) is 7.01. The fourth-order valence-electron chi connectivity index (χ4n) is 3.75. The lowest BCUT2D eigenvalue weighted by Gasteiger charge is -2.31. The van der Waals surface area contributed by atoms with Gasteiger partial charge in [0, 0.05) is 30.4 Å². The Morgan fingerprint density at radius 2 is 2.07 bits per heavy atom. The van der Waals surface area contributed by atoms with Gasteiger partial charge in [-0.1, -0.05) is 0 Å². The van der Waals surface area contributed by atoms with Crippen molar-refractivity contribution in [3.05, 3.63) is 34.7 Å². The van der Waals surface area contributed by atoms with E-state index in [0.29, 0.717) is 23.3 Å². The molecular formula is C18H21N5O2S3. The van der Waals surface area contributed by atoms with Crippen LogP contribution >= 0.6 is 22.7 Å². The summed E-state index contributed by atoms with van der Waals surface area (Å²) < 4.78 is 30.7. The zero-order valence-corrected chi connectivity index (χ0v) is 17.9. The van der Waals surface area contributed by atoms with Crippen LogP contribution < -0.4 is 0 Å². The van der Waals surface area contributed by atoms with Crippen LogP contribution in [-0.4, -0.2) is 45.6 Å². The van der Waals surface area contributed by atoms with Crippen LogP contribution in [0.1, 0.15) is 48.5 Å². The third-order valence-electron chi connectivity index (χ3n) is 5.34. The van der Waals surface area contributed by atoms with Crippen molar-refractivity contribution in [3.8, 4) is 10.6 Å². The zero-order valence-electron chi connectivity index (χ0n) is 15.5. The lowest BCUT2D eigenvalue weighted by Crippen LogP contribution is -2.39. The summed E-state index contributed by atoms with van der Waals surface area (Å²) in [6.45, 7) is 2.98. The minimum atomic E-state index is -3.51. The maximum absolute atomic E-state index is 13.3. The summed E-state index contributed by atoms with van der Waals surface area (Å²) in [6.07, 6.45) is 5.90. The van der Waals surface area contributed by atoms with Crippen LogP contribution in [0.3, 0.4) is 0 Å². The average molecular weight is 436 g/mol. The molecule has 5 rings (SSSR count). The van der Waals surface area contributed by atoms with E-state index >= 15 is 0 Å². The van der Waals surface area contributed by atoms with Crippen molar-refractivity contribution in [2.75, 3.05) is 13.1 Å². The predicted molar refractivity (Wildman–Crippen MR) is 109 cm³/mol. The van der Waals surface area contributed by atoms with E-state index in [1.54, 1.807) is 28.0 Å². The maximum Gasteiger partial charge on any atom is 0.252 e. The fraction of sp³-hybridized carbons (Fsp3) is 0.500. The van der Waals surface area contributed by atoms with Crippen molar-refractivity contribution in [1.29, 1.82) is 0 Å². The Morgan fingerprint density at radius 1 is 1.21 bits per heavy atom. The summed E-state index contributed by atoms with van der Waals surface area (Å²) in [7, 11) is -3.51. The van der Waals surface area contributed by atoms with E-state index in [0.717, 1.165) is 47.1 Å².